The fraction of sp³-hybridized carbons (Fsp3) is 1.00. The number of hydrogen-bond donors (Lipinski definition) is 1. The van der Waals surface area contributed by atoms with Gasteiger partial charge in [-0.25, -0.2) is 0 Å². The van der Waals surface area contributed by atoms with Crippen LogP contribution in [0.4, 0.5) is 0 Å². The van der Waals surface area contributed by atoms with E-state index in [9.17, 15) is 5.11 Å². The van der Waals surface area contributed by atoms with Gasteiger partial charge in [-0.1, -0.05) is 19.3 Å². The van der Waals surface area contributed by atoms with E-state index in [1.165, 1.54) is 38.5 Å². The van der Waals surface area contributed by atoms with Gasteiger partial charge in [-0.3, -0.25) is 0 Å². The molecule has 0 amide bonds. The predicted octanol–water partition coefficient (Wildman–Crippen LogP) is 3.12. The summed E-state index contributed by atoms with van der Waals surface area (Å²) in [6, 6.07) is 0. The van der Waals surface area contributed by atoms with Crippen LogP contribution < -0.4 is 0 Å². The smallest absolute Gasteiger partial charge is 0.0650 e. The average molecular weight is 194 g/mol. The van der Waals surface area contributed by atoms with Gasteiger partial charge in [-0.15, -0.1) is 0 Å². The monoisotopic (exact) mass is 194 g/mol. The van der Waals surface area contributed by atoms with Crippen LogP contribution in [0.3, 0.4) is 0 Å². The van der Waals surface area contributed by atoms with Crippen molar-refractivity contribution in [1.29, 1.82) is 0 Å². The Morgan fingerprint density at radius 3 is 2.43 bits per heavy atom. The van der Waals surface area contributed by atoms with Gasteiger partial charge >= 0.3 is 0 Å². The Hall–Kier alpha value is -0.0400. The minimum Gasteiger partial charge on any atom is -0.390 e. The maximum absolute atomic E-state index is 10.4. The lowest BCUT2D eigenvalue weighted by atomic mass is 9.80. The van der Waals surface area contributed by atoms with E-state index in [0.717, 1.165) is 37.0 Å². The third-order valence-corrected chi connectivity index (χ3v) is 5.06. The van der Waals surface area contributed by atoms with Crippen molar-refractivity contribution in [3.05, 3.63) is 0 Å². The van der Waals surface area contributed by atoms with Crippen molar-refractivity contribution in [3.63, 3.8) is 0 Å². The molecule has 0 aromatic carbocycles. The van der Waals surface area contributed by atoms with Crippen LogP contribution in [0.5, 0.6) is 0 Å². The van der Waals surface area contributed by atoms with Crippen molar-refractivity contribution in [2.45, 2.75) is 63.4 Å². The lowest BCUT2D eigenvalue weighted by molar-refractivity contribution is 0.0135. The zero-order valence-corrected chi connectivity index (χ0v) is 9.04. The molecule has 2 bridgehead atoms. The molecule has 14 heavy (non-hydrogen) atoms. The molecule has 3 fully saturated rings. The summed E-state index contributed by atoms with van der Waals surface area (Å²) in [6.45, 7) is 0. The Labute approximate surface area is 86.9 Å². The van der Waals surface area contributed by atoms with Crippen LogP contribution in [0, 0.1) is 17.8 Å². The van der Waals surface area contributed by atoms with Crippen LogP contribution in [0.2, 0.25) is 0 Å². The molecule has 3 atom stereocenters. The third kappa shape index (κ3) is 1.50. The Bertz CT molecular complexity index is 217. The lowest BCUT2D eigenvalue weighted by Gasteiger charge is -2.30. The highest BCUT2D eigenvalue weighted by Gasteiger charge is 2.43. The molecule has 1 heteroatoms. The normalized spacial score (nSPS) is 44.8. The molecule has 0 spiro atoms. The molecule has 0 saturated heterocycles. The maximum Gasteiger partial charge on any atom is 0.0650 e. The SMILES string of the molecule is OC1(CC2CC3CCC2C3)CCCC1. The zero-order valence-electron chi connectivity index (χ0n) is 9.04. The minimum absolute atomic E-state index is 0.241. The first kappa shape index (κ1) is 9.21. The zero-order chi connectivity index (χ0) is 9.60. The van der Waals surface area contributed by atoms with Gasteiger partial charge in [0.2, 0.25) is 0 Å². The number of hydrogen-bond acceptors (Lipinski definition) is 1. The molecule has 0 aromatic heterocycles. The van der Waals surface area contributed by atoms with E-state index in [1.54, 1.807) is 0 Å². The van der Waals surface area contributed by atoms with Gasteiger partial charge in [-0.05, 0) is 56.3 Å². The number of aliphatic hydroxyl groups is 1. The van der Waals surface area contributed by atoms with Gasteiger partial charge in [0.15, 0.2) is 0 Å². The van der Waals surface area contributed by atoms with Crippen molar-refractivity contribution in [1.82, 2.24) is 0 Å². The molecule has 1 nitrogen and oxygen atoms in total. The first-order valence-corrected chi connectivity index (χ1v) is 6.48. The van der Waals surface area contributed by atoms with E-state index < -0.39 is 0 Å². The summed E-state index contributed by atoms with van der Waals surface area (Å²) < 4.78 is 0. The van der Waals surface area contributed by atoms with Gasteiger partial charge < -0.3 is 5.11 Å². The lowest BCUT2D eigenvalue weighted by Crippen LogP contribution is -2.29. The van der Waals surface area contributed by atoms with Gasteiger partial charge in [-0.2, -0.15) is 0 Å². The maximum atomic E-state index is 10.4. The fourth-order valence-corrected chi connectivity index (χ4v) is 4.35. The highest BCUT2D eigenvalue weighted by molar-refractivity contribution is 4.95. The van der Waals surface area contributed by atoms with E-state index in [0.29, 0.717) is 0 Å². The van der Waals surface area contributed by atoms with Crippen molar-refractivity contribution in [3.8, 4) is 0 Å². The Morgan fingerprint density at radius 2 is 1.86 bits per heavy atom. The minimum atomic E-state index is -0.241. The Balaban J connectivity index is 1.62. The van der Waals surface area contributed by atoms with Crippen LogP contribution >= 0.6 is 0 Å². The van der Waals surface area contributed by atoms with E-state index >= 15 is 0 Å². The second-order valence-corrected chi connectivity index (χ2v) is 6.07. The Morgan fingerprint density at radius 1 is 1.07 bits per heavy atom. The molecule has 1 N–H and O–H groups in total. The topological polar surface area (TPSA) is 20.2 Å². The van der Waals surface area contributed by atoms with Gasteiger partial charge in [0.1, 0.15) is 0 Å². The van der Waals surface area contributed by atoms with E-state index in [1.807, 2.05) is 0 Å². The van der Waals surface area contributed by atoms with Crippen LogP contribution in [-0.4, -0.2) is 10.7 Å². The van der Waals surface area contributed by atoms with Crippen LogP contribution in [0.1, 0.15) is 57.8 Å². The standard InChI is InChI=1S/C13H22O/c14-13(5-1-2-6-13)9-12-8-10-3-4-11(12)7-10/h10-12,14H,1-9H2. The quantitative estimate of drug-likeness (QED) is 0.716. The molecule has 0 aliphatic heterocycles. The van der Waals surface area contributed by atoms with E-state index in [2.05, 4.69) is 0 Å². The van der Waals surface area contributed by atoms with Crippen LogP contribution in [0.25, 0.3) is 0 Å². The molecule has 3 rings (SSSR count). The summed E-state index contributed by atoms with van der Waals surface area (Å²) in [6.07, 6.45) is 11.7. The first-order valence-electron chi connectivity index (χ1n) is 6.48. The summed E-state index contributed by atoms with van der Waals surface area (Å²) in [5.41, 5.74) is -0.241. The predicted molar refractivity (Wildman–Crippen MR) is 57.0 cm³/mol. The summed E-state index contributed by atoms with van der Waals surface area (Å²) in [4.78, 5) is 0. The summed E-state index contributed by atoms with van der Waals surface area (Å²) >= 11 is 0. The van der Waals surface area contributed by atoms with Crippen molar-refractivity contribution < 1.29 is 5.11 Å². The van der Waals surface area contributed by atoms with Crippen LogP contribution in [-0.2, 0) is 0 Å². The van der Waals surface area contributed by atoms with E-state index in [4.69, 9.17) is 0 Å². The molecule has 0 radical (unpaired) electrons. The van der Waals surface area contributed by atoms with Crippen LogP contribution in [0.15, 0.2) is 0 Å². The van der Waals surface area contributed by atoms with Gasteiger partial charge in [0.05, 0.1) is 5.60 Å². The molecule has 0 aromatic rings. The average Bonchev–Trinajstić information content (AvgIpc) is 2.80. The van der Waals surface area contributed by atoms with Crippen molar-refractivity contribution in [2.24, 2.45) is 17.8 Å². The Kier molecular flexibility index (Phi) is 2.12. The van der Waals surface area contributed by atoms with Gasteiger partial charge in [0.25, 0.3) is 0 Å². The van der Waals surface area contributed by atoms with E-state index in [-0.39, 0.29) is 5.60 Å². The second kappa shape index (κ2) is 3.23. The molecule has 3 saturated carbocycles. The highest BCUT2D eigenvalue weighted by Crippen LogP contribution is 2.52. The van der Waals surface area contributed by atoms with Crippen molar-refractivity contribution >= 4 is 0 Å². The first-order chi connectivity index (χ1) is 6.75. The third-order valence-electron chi connectivity index (χ3n) is 5.06. The second-order valence-electron chi connectivity index (χ2n) is 6.07. The van der Waals surface area contributed by atoms with Gasteiger partial charge in [0, 0.05) is 0 Å². The fourth-order valence-electron chi connectivity index (χ4n) is 4.35. The molecule has 0 heterocycles. The molecule has 3 unspecified atom stereocenters. The highest BCUT2D eigenvalue weighted by atomic mass is 16.3. The molecular formula is C13H22O. The molecule has 3 aliphatic carbocycles. The summed E-state index contributed by atoms with van der Waals surface area (Å²) in [5.74, 6) is 2.91. The van der Waals surface area contributed by atoms with Crippen molar-refractivity contribution in [2.75, 3.05) is 0 Å². The largest absolute Gasteiger partial charge is 0.390 e. The number of rotatable bonds is 2. The molecular weight excluding hydrogens is 172 g/mol. The number of fused-ring (bicyclic) bond motifs is 2. The molecule has 3 aliphatic rings. The summed E-state index contributed by atoms with van der Waals surface area (Å²) in [7, 11) is 0. The molecule has 80 valence electrons. The summed E-state index contributed by atoms with van der Waals surface area (Å²) in [5, 5.41) is 10.4.